The molecule has 1 aromatic carbocycles. The highest BCUT2D eigenvalue weighted by atomic mass is 16.5. The number of carbonyl (C=O) groups is 1. The van der Waals surface area contributed by atoms with Crippen molar-refractivity contribution in [3.05, 3.63) is 24.0 Å². The van der Waals surface area contributed by atoms with E-state index in [9.17, 15) is 4.79 Å². The number of H-pyrrole nitrogens is 1. The van der Waals surface area contributed by atoms with E-state index >= 15 is 0 Å². The number of imidazole rings is 1. The van der Waals surface area contributed by atoms with Crippen molar-refractivity contribution in [2.45, 2.75) is 32.6 Å². The van der Waals surface area contributed by atoms with Crippen molar-refractivity contribution in [1.29, 1.82) is 0 Å². The molecule has 102 valence electrons. The lowest BCUT2D eigenvalue weighted by atomic mass is 10.3. The van der Waals surface area contributed by atoms with Gasteiger partial charge in [0, 0.05) is 25.5 Å². The summed E-state index contributed by atoms with van der Waals surface area (Å²) < 4.78 is 5.23. The summed E-state index contributed by atoms with van der Waals surface area (Å²) in [6.07, 6.45) is 2.58. The summed E-state index contributed by atoms with van der Waals surface area (Å²) in [5.74, 6) is 1.14. The number of rotatable bonds is 6. The summed E-state index contributed by atoms with van der Waals surface area (Å²) in [4.78, 5) is 19.0. The maximum absolute atomic E-state index is 11.4. The van der Waals surface area contributed by atoms with Crippen LogP contribution in [-0.4, -0.2) is 27.7 Å². The summed E-state index contributed by atoms with van der Waals surface area (Å²) in [6, 6.07) is 5.34. The Balaban J connectivity index is 2.13. The number of nitrogens with one attached hydrogen (secondary N) is 1. The highest BCUT2D eigenvalue weighted by Crippen LogP contribution is 2.20. The summed E-state index contributed by atoms with van der Waals surface area (Å²) in [5, 5.41) is 8.80. The molecule has 2 N–H and O–H groups in total. The number of hydrogen-bond acceptors (Lipinski definition) is 4. The molecule has 0 aliphatic rings. The van der Waals surface area contributed by atoms with Gasteiger partial charge in [-0.3, -0.25) is 4.79 Å². The second kappa shape index (κ2) is 6.33. The van der Waals surface area contributed by atoms with Gasteiger partial charge in [-0.2, -0.15) is 0 Å². The lowest BCUT2D eigenvalue weighted by molar-refractivity contribution is -0.134. The third-order valence-electron chi connectivity index (χ3n) is 2.76. The lowest BCUT2D eigenvalue weighted by Gasteiger charge is -2.02. The number of fused-ring (bicyclic) bond motifs is 1. The number of aromatic amines is 1. The molecule has 0 aliphatic carbocycles. The van der Waals surface area contributed by atoms with Crippen molar-refractivity contribution < 1.29 is 14.6 Å². The quantitative estimate of drug-likeness (QED) is 0.618. The zero-order valence-electron chi connectivity index (χ0n) is 11.0. The molecular weight excluding hydrogens is 244 g/mol. The molecule has 2 rings (SSSR count). The Kier molecular flexibility index (Phi) is 4.52. The van der Waals surface area contributed by atoms with Crippen molar-refractivity contribution in [2.24, 2.45) is 0 Å². The molecule has 0 aliphatic heterocycles. The summed E-state index contributed by atoms with van der Waals surface area (Å²) in [5.41, 5.74) is 1.68. The lowest BCUT2D eigenvalue weighted by Crippen LogP contribution is -2.06. The number of benzene rings is 1. The van der Waals surface area contributed by atoms with Crippen molar-refractivity contribution >= 4 is 17.0 Å². The van der Waals surface area contributed by atoms with Crippen molar-refractivity contribution in [2.75, 3.05) is 6.61 Å². The van der Waals surface area contributed by atoms with E-state index in [4.69, 9.17) is 9.84 Å². The first kappa shape index (κ1) is 13.5. The predicted octanol–water partition coefficient (Wildman–Crippen LogP) is 2.19. The van der Waals surface area contributed by atoms with Gasteiger partial charge in [0.15, 0.2) is 0 Å². The standard InChI is InChI=1S/C14H18N2O3/c1-2-4-14(18)19-10-6-7-11-12(9-10)16-13(15-11)5-3-8-17/h6-7,9,17H,2-5,8H2,1H3,(H,15,16). The van der Waals surface area contributed by atoms with E-state index in [1.54, 1.807) is 12.1 Å². The zero-order valence-corrected chi connectivity index (χ0v) is 11.0. The number of hydrogen-bond donors (Lipinski definition) is 2. The highest BCUT2D eigenvalue weighted by molar-refractivity contribution is 5.79. The van der Waals surface area contributed by atoms with Gasteiger partial charge in [-0.25, -0.2) is 4.98 Å². The van der Waals surface area contributed by atoms with Crippen molar-refractivity contribution in [1.82, 2.24) is 9.97 Å². The van der Waals surface area contributed by atoms with Crippen LogP contribution in [0.2, 0.25) is 0 Å². The molecule has 0 atom stereocenters. The van der Waals surface area contributed by atoms with Crippen molar-refractivity contribution in [3.63, 3.8) is 0 Å². The fourth-order valence-electron chi connectivity index (χ4n) is 1.86. The molecule has 0 spiro atoms. The smallest absolute Gasteiger partial charge is 0.311 e. The molecule has 0 amide bonds. The van der Waals surface area contributed by atoms with Gasteiger partial charge >= 0.3 is 5.97 Å². The normalized spacial score (nSPS) is 10.8. The van der Waals surface area contributed by atoms with E-state index in [2.05, 4.69) is 9.97 Å². The average Bonchev–Trinajstić information content (AvgIpc) is 2.78. The van der Waals surface area contributed by atoms with E-state index in [-0.39, 0.29) is 12.6 Å². The topological polar surface area (TPSA) is 75.2 Å². The number of aryl methyl sites for hydroxylation is 1. The summed E-state index contributed by atoms with van der Waals surface area (Å²) in [7, 11) is 0. The van der Waals surface area contributed by atoms with Crippen LogP contribution in [0.5, 0.6) is 5.75 Å². The van der Waals surface area contributed by atoms with E-state index in [1.807, 2.05) is 13.0 Å². The molecule has 5 nitrogen and oxygen atoms in total. The Morgan fingerprint density at radius 3 is 3.05 bits per heavy atom. The van der Waals surface area contributed by atoms with Gasteiger partial charge in [0.2, 0.25) is 0 Å². The first-order chi connectivity index (χ1) is 9.22. The zero-order chi connectivity index (χ0) is 13.7. The predicted molar refractivity (Wildman–Crippen MR) is 72.0 cm³/mol. The van der Waals surface area contributed by atoms with Gasteiger partial charge in [-0.1, -0.05) is 6.92 Å². The van der Waals surface area contributed by atoms with Crippen molar-refractivity contribution in [3.8, 4) is 5.75 Å². The fraction of sp³-hybridized carbons (Fsp3) is 0.429. The van der Waals surface area contributed by atoms with E-state index < -0.39 is 0 Å². The number of nitrogens with zero attached hydrogens (tertiary/aromatic N) is 1. The number of aliphatic hydroxyl groups is 1. The molecule has 0 unspecified atom stereocenters. The third kappa shape index (κ3) is 3.54. The first-order valence-electron chi connectivity index (χ1n) is 6.53. The Labute approximate surface area is 111 Å². The molecular formula is C14H18N2O3. The maximum Gasteiger partial charge on any atom is 0.311 e. The fourth-order valence-corrected chi connectivity index (χ4v) is 1.86. The molecule has 19 heavy (non-hydrogen) atoms. The van der Waals surface area contributed by atoms with Crippen LogP contribution in [-0.2, 0) is 11.2 Å². The SMILES string of the molecule is CCCC(=O)Oc1ccc2nc(CCCO)[nH]c2c1. The molecule has 0 saturated heterocycles. The van der Waals surface area contributed by atoms with Crippen LogP contribution in [0.4, 0.5) is 0 Å². The van der Waals surface area contributed by atoms with Gasteiger partial charge in [-0.05, 0) is 25.0 Å². The monoisotopic (exact) mass is 262 g/mol. The minimum absolute atomic E-state index is 0.150. The van der Waals surface area contributed by atoms with Gasteiger partial charge in [0.25, 0.3) is 0 Å². The largest absolute Gasteiger partial charge is 0.426 e. The minimum atomic E-state index is -0.220. The van der Waals surface area contributed by atoms with Crippen LogP contribution in [0.1, 0.15) is 32.0 Å². The molecule has 0 bridgehead atoms. The Hall–Kier alpha value is -1.88. The average molecular weight is 262 g/mol. The maximum atomic E-state index is 11.4. The number of aliphatic hydroxyl groups excluding tert-OH is 1. The van der Waals surface area contributed by atoms with Crippen LogP contribution in [0, 0.1) is 0 Å². The minimum Gasteiger partial charge on any atom is -0.426 e. The van der Waals surface area contributed by atoms with Crippen LogP contribution in [0.25, 0.3) is 11.0 Å². The van der Waals surface area contributed by atoms with E-state index in [1.165, 1.54) is 0 Å². The molecule has 1 heterocycles. The Morgan fingerprint density at radius 1 is 1.47 bits per heavy atom. The van der Waals surface area contributed by atoms with Crippen LogP contribution < -0.4 is 4.74 Å². The molecule has 0 saturated carbocycles. The van der Waals surface area contributed by atoms with Crippen LogP contribution >= 0.6 is 0 Å². The number of aromatic nitrogens is 2. The molecule has 1 aromatic heterocycles. The molecule has 2 aromatic rings. The van der Waals surface area contributed by atoms with Crippen LogP contribution in [0.3, 0.4) is 0 Å². The second-order valence-corrected chi connectivity index (χ2v) is 4.41. The molecule has 0 fully saturated rings. The summed E-state index contributed by atoms with van der Waals surface area (Å²) >= 11 is 0. The third-order valence-corrected chi connectivity index (χ3v) is 2.76. The summed E-state index contributed by atoms with van der Waals surface area (Å²) in [6.45, 7) is 2.09. The van der Waals surface area contributed by atoms with E-state index in [0.717, 1.165) is 23.3 Å². The number of carbonyl (C=O) groups excluding carboxylic acids is 1. The van der Waals surface area contributed by atoms with Gasteiger partial charge < -0.3 is 14.8 Å². The van der Waals surface area contributed by atoms with Gasteiger partial charge in [0.05, 0.1) is 11.0 Å². The second-order valence-electron chi connectivity index (χ2n) is 4.41. The highest BCUT2D eigenvalue weighted by Gasteiger charge is 2.07. The molecule has 5 heteroatoms. The van der Waals surface area contributed by atoms with E-state index in [0.29, 0.717) is 25.0 Å². The molecule has 0 radical (unpaired) electrons. The van der Waals surface area contributed by atoms with Gasteiger partial charge in [-0.15, -0.1) is 0 Å². The Morgan fingerprint density at radius 2 is 2.32 bits per heavy atom. The Bertz CT molecular complexity index is 563. The first-order valence-corrected chi connectivity index (χ1v) is 6.53. The number of ether oxygens (including phenoxy) is 1. The van der Waals surface area contributed by atoms with Crippen LogP contribution in [0.15, 0.2) is 18.2 Å². The number of esters is 1. The van der Waals surface area contributed by atoms with Gasteiger partial charge in [0.1, 0.15) is 11.6 Å².